The molecule has 1 fully saturated rings. The summed E-state index contributed by atoms with van der Waals surface area (Å²) < 4.78 is 1.01. The molecule has 0 aromatic heterocycles. The first-order valence-electron chi connectivity index (χ1n) is 6.91. The molecule has 1 aromatic carbocycles. The molecule has 4 nitrogen and oxygen atoms in total. The molecule has 0 aliphatic heterocycles. The third-order valence-electron chi connectivity index (χ3n) is 3.62. The number of aliphatic carboxylic acids is 1. The van der Waals surface area contributed by atoms with E-state index in [0.717, 1.165) is 15.8 Å². The van der Waals surface area contributed by atoms with Crippen molar-refractivity contribution in [1.82, 2.24) is 5.32 Å². The molecule has 1 amide bonds. The van der Waals surface area contributed by atoms with E-state index in [1.807, 2.05) is 31.2 Å². The zero-order valence-electron chi connectivity index (χ0n) is 11.7. The first-order valence-corrected chi connectivity index (χ1v) is 8.58. The molecule has 114 valence electrons. The number of thioether (sulfide) groups is 1. The number of benzene rings is 1. The molecule has 1 unspecified atom stereocenters. The summed E-state index contributed by atoms with van der Waals surface area (Å²) in [6.45, 7) is 1.87. The minimum Gasteiger partial charge on any atom is -0.481 e. The Morgan fingerprint density at radius 1 is 1.33 bits per heavy atom. The molecule has 1 aliphatic rings. The van der Waals surface area contributed by atoms with Crippen molar-refractivity contribution in [3.63, 3.8) is 0 Å². The van der Waals surface area contributed by atoms with Gasteiger partial charge in [-0.3, -0.25) is 9.59 Å². The predicted octanol–water partition coefficient (Wildman–Crippen LogP) is 3.30. The second-order valence-electron chi connectivity index (χ2n) is 5.27. The average Bonchev–Trinajstić information content (AvgIpc) is 2.90. The Morgan fingerprint density at radius 3 is 2.57 bits per heavy atom. The summed E-state index contributed by atoms with van der Waals surface area (Å²) in [4.78, 5) is 24.1. The monoisotopic (exact) mass is 371 g/mol. The Balaban J connectivity index is 1.83. The molecule has 3 atom stereocenters. The normalized spacial score (nSPS) is 22.8. The summed E-state index contributed by atoms with van der Waals surface area (Å²) in [7, 11) is 0. The minimum atomic E-state index is -0.760. The standard InChI is InChI=1S/C15H18BrNO3S/c1-9(21-13-6-3-11(16)4-7-13)14(18)17-12-5-2-10(8-12)15(19)20/h3-4,6-7,9-10,12H,2,5,8H2,1H3,(H,17,18)(H,19,20)/t9?,10-,12+/m0/s1. The van der Waals surface area contributed by atoms with E-state index in [4.69, 9.17) is 5.11 Å². The lowest BCUT2D eigenvalue weighted by Crippen LogP contribution is -2.38. The van der Waals surface area contributed by atoms with Crippen LogP contribution in [0.4, 0.5) is 0 Å². The van der Waals surface area contributed by atoms with E-state index in [1.165, 1.54) is 11.8 Å². The first-order chi connectivity index (χ1) is 9.95. The van der Waals surface area contributed by atoms with Crippen LogP contribution < -0.4 is 5.32 Å². The molecule has 0 radical (unpaired) electrons. The summed E-state index contributed by atoms with van der Waals surface area (Å²) >= 11 is 4.88. The van der Waals surface area contributed by atoms with Crippen LogP contribution in [0.25, 0.3) is 0 Å². The maximum Gasteiger partial charge on any atom is 0.306 e. The van der Waals surface area contributed by atoms with Crippen molar-refractivity contribution in [2.75, 3.05) is 0 Å². The molecule has 6 heteroatoms. The van der Waals surface area contributed by atoms with Crippen LogP contribution in [0.5, 0.6) is 0 Å². The fourth-order valence-electron chi connectivity index (χ4n) is 2.43. The van der Waals surface area contributed by atoms with Gasteiger partial charge in [-0.05, 0) is 50.5 Å². The predicted molar refractivity (Wildman–Crippen MR) is 86.4 cm³/mol. The topological polar surface area (TPSA) is 66.4 Å². The van der Waals surface area contributed by atoms with E-state index in [-0.39, 0.29) is 23.1 Å². The van der Waals surface area contributed by atoms with Crippen molar-refractivity contribution < 1.29 is 14.7 Å². The zero-order chi connectivity index (χ0) is 15.4. The zero-order valence-corrected chi connectivity index (χ0v) is 14.1. The SMILES string of the molecule is CC(Sc1ccc(Br)cc1)C(=O)N[C@@H]1CC[C@H](C(=O)O)C1. The summed E-state index contributed by atoms with van der Waals surface area (Å²) in [5.41, 5.74) is 0. The van der Waals surface area contributed by atoms with Gasteiger partial charge in [0.25, 0.3) is 0 Å². The number of amides is 1. The Kier molecular flexibility index (Phi) is 5.70. The van der Waals surface area contributed by atoms with Crippen molar-refractivity contribution in [2.45, 2.75) is 42.4 Å². The van der Waals surface area contributed by atoms with Gasteiger partial charge in [0, 0.05) is 15.4 Å². The van der Waals surface area contributed by atoms with Crippen molar-refractivity contribution >= 4 is 39.6 Å². The van der Waals surface area contributed by atoms with Crippen LogP contribution in [0.2, 0.25) is 0 Å². The van der Waals surface area contributed by atoms with Gasteiger partial charge < -0.3 is 10.4 Å². The second kappa shape index (κ2) is 7.31. The Labute approximate surface area is 136 Å². The average molecular weight is 372 g/mol. The van der Waals surface area contributed by atoms with Crippen molar-refractivity contribution in [3.05, 3.63) is 28.7 Å². The van der Waals surface area contributed by atoms with Crippen LogP contribution in [0.15, 0.2) is 33.6 Å². The van der Waals surface area contributed by atoms with Gasteiger partial charge in [0.15, 0.2) is 0 Å². The van der Waals surface area contributed by atoms with Gasteiger partial charge in [0.05, 0.1) is 11.2 Å². The van der Waals surface area contributed by atoms with Crippen molar-refractivity contribution in [2.24, 2.45) is 5.92 Å². The molecule has 0 spiro atoms. The van der Waals surface area contributed by atoms with Crippen LogP contribution in [-0.4, -0.2) is 28.3 Å². The van der Waals surface area contributed by atoms with Gasteiger partial charge in [-0.2, -0.15) is 0 Å². The highest BCUT2D eigenvalue weighted by Crippen LogP contribution is 2.28. The molecule has 1 saturated carbocycles. The summed E-state index contributed by atoms with van der Waals surface area (Å²) in [5.74, 6) is -1.10. The Hall–Kier alpha value is -1.01. The highest BCUT2D eigenvalue weighted by Gasteiger charge is 2.31. The van der Waals surface area contributed by atoms with E-state index < -0.39 is 5.97 Å². The smallest absolute Gasteiger partial charge is 0.306 e. The van der Waals surface area contributed by atoms with Gasteiger partial charge in [-0.25, -0.2) is 0 Å². The summed E-state index contributed by atoms with van der Waals surface area (Å²) in [5, 5.41) is 11.7. The number of carboxylic acids is 1. The maximum absolute atomic E-state index is 12.2. The molecular formula is C15H18BrNO3S. The number of carboxylic acid groups (broad SMARTS) is 1. The highest BCUT2D eigenvalue weighted by atomic mass is 79.9. The largest absolute Gasteiger partial charge is 0.481 e. The molecule has 2 rings (SSSR count). The van der Waals surface area contributed by atoms with E-state index in [1.54, 1.807) is 0 Å². The molecule has 21 heavy (non-hydrogen) atoms. The lowest BCUT2D eigenvalue weighted by atomic mass is 10.1. The maximum atomic E-state index is 12.2. The Morgan fingerprint density at radius 2 is 2.00 bits per heavy atom. The number of nitrogens with one attached hydrogen (secondary N) is 1. The number of halogens is 1. The van der Waals surface area contributed by atoms with Crippen LogP contribution in [0.1, 0.15) is 26.2 Å². The molecule has 2 N–H and O–H groups in total. The van der Waals surface area contributed by atoms with Gasteiger partial charge >= 0.3 is 5.97 Å². The Bertz CT molecular complexity index is 520. The molecule has 0 heterocycles. The molecule has 0 bridgehead atoms. The lowest BCUT2D eigenvalue weighted by Gasteiger charge is -2.16. The molecular weight excluding hydrogens is 354 g/mol. The number of rotatable bonds is 5. The number of carbonyl (C=O) groups excluding carboxylic acids is 1. The van der Waals surface area contributed by atoms with Crippen molar-refractivity contribution in [1.29, 1.82) is 0 Å². The van der Waals surface area contributed by atoms with E-state index >= 15 is 0 Å². The van der Waals surface area contributed by atoms with E-state index in [9.17, 15) is 9.59 Å². The summed E-state index contributed by atoms with van der Waals surface area (Å²) in [6, 6.07) is 7.82. The van der Waals surface area contributed by atoms with Crippen LogP contribution in [-0.2, 0) is 9.59 Å². The van der Waals surface area contributed by atoms with Gasteiger partial charge in [0.1, 0.15) is 0 Å². The fourth-order valence-corrected chi connectivity index (χ4v) is 3.57. The molecule has 1 aliphatic carbocycles. The third kappa shape index (κ3) is 4.74. The number of hydrogen-bond donors (Lipinski definition) is 2. The van der Waals surface area contributed by atoms with Gasteiger partial charge in [0.2, 0.25) is 5.91 Å². The van der Waals surface area contributed by atoms with Crippen LogP contribution >= 0.6 is 27.7 Å². The third-order valence-corrected chi connectivity index (χ3v) is 5.26. The van der Waals surface area contributed by atoms with Gasteiger partial charge in [-0.15, -0.1) is 11.8 Å². The highest BCUT2D eigenvalue weighted by molar-refractivity contribution is 9.10. The lowest BCUT2D eigenvalue weighted by molar-refractivity contribution is -0.141. The van der Waals surface area contributed by atoms with Crippen LogP contribution in [0, 0.1) is 5.92 Å². The fraction of sp³-hybridized carbons (Fsp3) is 0.467. The first kappa shape index (κ1) is 16.4. The van der Waals surface area contributed by atoms with Crippen LogP contribution in [0.3, 0.4) is 0 Å². The van der Waals surface area contributed by atoms with E-state index in [2.05, 4.69) is 21.2 Å². The minimum absolute atomic E-state index is 0.00781. The molecule has 0 saturated heterocycles. The van der Waals surface area contributed by atoms with E-state index in [0.29, 0.717) is 12.8 Å². The van der Waals surface area contributed by atoms with Gasteiger partial charge in [-0.1, -0.05) is 15.9 Å². The number of carbonyl (C=O) groups is 2. The summed E-state index contributed by atoms with van der Waals surface area (Å²) in [6.07, 6.45) is 1.93. The second-order valence-corrected chi connectivity index (χ2v) is 7.60. The molecule has 1 aromatic rings. The quantitative estimate of drug-likeness (QED) is 0.779. The number of hydrogen-bond acceptors (Lipinski definition) is 3. The van der Waals surface area contributed by atoms with Crippen molar-refractivity contribution in [3.8, 4) is 0 Å².